The molecule has 26 heavy (non-hydrogen) atoms. The highest BCUT2D eigenvalue weighted by atomic mass is 35.5. The molecule has 1 aromatic carbocycles. The average Bonchev–Trinajstić information content (AvgIpc) is 2.99. The number of carbonyl (C=O) groups is 1. The Hall–Kier alpha value is -2.60. The second-order valence-corrected chi connectivity index (χ2v) is 6.65. The number of nitrogens with zero attached hydrogens (tertiary/aromatic N) is 2. The summed E-state index contributed by atoms with van der Waals surface area (Å²) >= 11 is 6.27. The summed E-state index contributed by atoms with van der Waals surface area (Å²) in [6.45, 7) is 3.87. The lowest BCUT2D eigenvalue weighted by molar-refractivity contribution is -0.137. The third kappa shape index (κ3) is 4.32. The third-order valence-corrected chi connectivity index (χ3v) is 4.00. The zero-order valence-corrected chi connectivity index (χ0v) is 15.3. The van der Waals surface area contributed by atoms with Crippen LogP contribution in [-0.4, -0.2) is 27.1 Å². The van der Waals surface area contributed by atoms with Gasteiger partial charge in [0.1, 0.15) is 11.3 Å². The number of halogens is 1. The van der Waals surface area contributed by atoms with Gasteiger partial charge in [-0.3, -0.25) is 4.79 Å². The normalized spacial score (nSPS) is 11.2. The zero-order valence-electron chi connectivity index (χ0n) is 14.5. The molecule has 3 aromatic rings. The summed E-state index contributed by atoms with van der Waals surface area (Å²) in [5.41, 5.74) is 2.72. The Morgan fingerprint density at radius 3 is 2.85 bits per heavy atom. The SMILES string of the molecule is CC(C)Oc1ccc(-c2nc3cc(CCCC(=O)O)cnc3o2)cc1Cl. The number of rotatable bonds is 7. The molecule has 3 rings (SSSR count). The first-order chi connectivity index (χ1) is 12.4. The van der Waals surface area contributed by atoms with Crippen LogP contribution in [0.2, 0.25) is 5.02 Å². The highest BCUT2D eigenvalue weighted by molar-refractivity contribution is 6.32. The van der Waals surface area contributed by atoms with E-state index in [2.05, 4.69) is 9.97 Å². The van der Waals surface area contributed by atoms with Crippen LogP contribution >= 0.6 is 11.6 Å². The largest absolute Gasteiger partial charge is 0.489 e. The van der Waals surface area contributed by atoms with E-state index < -0.39 is 5.97 Å². The van der Waals surface area contributed by atoms with Gasteiger partial charge in [-0.05, 0) is 56.5 Å². The van der Waals surface area contributed by atoms with Crippen molar-refractivity contribution in [1.82, 2.24) is 9.97 Å². The summed E-state index contributed by atoms with van der Waals surface area (Å²) in [5, 5.41) is 9.21. The van der Waals surface area contributed by atoms with Crippen molar-refractivity contribution < 1.29 is 19.1 Å². The van der Waals surface area contributed by atoms with Gasteiger partial charge in [0.2, 0.25) is 11.6 Å². The summed E-state index contributed by atoms with van der Waals surface area (Å²) < 4.78 is 11.3. The molecule has 0 saturated heterocycles. The highest BCUT2D eigenvalue weighted by Crippen LogP contribution is 2.32. The third-order valence-electron chi connectivity index (χ3n) is 3.70. The standard InChI is InChI=1S/C19H19ClN2O4/c1-11(2)25-16-7-6-13(9-14(16)20)18-22-15-8-12(4-3-5-17(23)24)10-21-19(15)26-18/h6-11H,3-5H2,1-2H3,(H,23,24). The number of hydrogen-bond donors (Lipinski definition) is 1. The van der Waals surface area contributed by atoms with Crippen LogP contribution in [0.5, 0.6) is 5.75 Å². The molecule has 0 radical (unpaired) electrons. The molecule has 136 valence electrons. The minimum absolute atomic E-state index is 0.0337. The number of carboxylic acids is 1. The van der Waals surface area contributed by atoms with Gasteiger partial charge in [-0.25, -0.2) is 9.97 Å². The second-order valence-electron chi connectivity index (χ2n) is 6.25. The molecule has 1 N–H and O–H groups in total. The van der Waals surface area contributed by atoms with Gasteiger partial charge >= 0.3 is 5.97 Å². The van der Waals surface area contributed by atoms with Crippen molar-refractivity contribution in [3.63, 3.8) is 0 Å². The van der Waals surface area contributed by atoms with Gasteiger partial charge in [-0.2, -0.15) is 0 Å². The lowest BCUT2D eigenvalue weighted by atomic mass is 10.1. The van der Waals surface area contributed by atoms with Crippen LogP contribution in [0.1, 0.15) is 32.3 Å². The maximum atomic E-state index is 10.6. The van der Waals surface area contributed by atoms with Crippen molar-refractivity contribution in [3.05, 3.63) is 41.0 Å². The number of pyridine rings is 1. The van der Waals surface area contributed by atoms with Gasteiger partial charge in [0, 0.05) is 18.2 Å². The maximum absolute atomic E-state index is 10.6. The van der Waals surface area contributed by atoms with Crippen LogP contribution in [0.3, 0.4) is 0 Å². The first-order valence-corrected chi connectivity index (χ1v) is 8.74. The summed E-state index contributed by atoms with van der Waals surface area (Å²) in [5.74, 6) is 0.234. The minimum Gasteiger partial charge on any atom is -0.489 e. The van der Waals surface area contributed by atoms with Crippen LogP contribution in [0.25, 0.3) is 22.7 Å². The molecule has 0 saturated carbocycles. The Balaban J connectivity index is 1.82. The van der Waals surface area contributed by atoms with E-state index in [9.17, 15) is 4.79 Å². The molecule has 0 atom stereocenters. The molecular weight excluding hydrogens is 356 g/mol. The fourth-order valence-electron chi connectivity index (χ4n) is 2.55. The molecule has 6 nitrogen and oxygen atoms in total. The predicted molar refractivity (Wildman–Crippen MR) is 98.6 cm³/mol. The van der Waals surface area contributed by atoms with Crippen molar-refractivity contribution >= 4 is 28.8 Å². The molecule has 0 unspecified atom stereocenters. The molecule has 2 aromatic heterocycles. The van der Waals surface area contributed by atoms with Gasteiger partial charge in [-0.1, -0.05) is 11.6 Å². The van der Waals surface area contributed by atoms with Gasteiger partial charge in [0.05, 0.1) is 11.1 Å². The lowest BCUT2D eigenvalue weighted by Crippen LogP contribution is -2.05. The number of aromatic nitrogens is 2. The van der Waals surface area contributed by atoms with Gasteiger partial charge < -0.3 is 14.3 Å². The average molecular weight is 375 g/mol. The van der Waals surface area contributed by atoms with E-state index in [1.807, 2.05) is 26.0 Å². The van der Waals surface area contributed by atoms with Crippen molar-refractivity contribution in [3.8, 4) is 17.2 Å². The number of oxazole rings is 1. The van der Waals surface area contributed by atoms with E-state index in [0.717, 1.165) is 11.1 Å². The number of ether oxygens (including phenoxy) is 1. The maximum Gasteiger partial charge on any atom is 0.303 e. The number of aliphatic carboxylic acids is 1. The monoisotopic (exact) mass is 374 g/mol. The molecule has 0 fully saturated rings. The number of fused-ring (bicyclic) bond motifs is 1. The zero-order chi connectivity index (χ0) is 18.7. The van der Waals surface area contributed by atoms with E-state index in [0.29, 0.717) is 40.7 Å². The first-order valence-electron chi connectivity index (χ1n) is 8.36. The molecule has 0 amide bonds. The van der Waals surface area contributed by atoms with E-state index in [1.54, 1.807) is 18.3 Å². The van der Waals surface area contributed by atoms with Crippen molar-refractivity contribution in [1.29, 1.82) is 0 Å². The van der Waals surface area contributed by atoms with Gasteiger partial charge in [0.25, 0.3) is 0 Å². The van der Waals surface area contributed by atoms with Gasteiger partial charge in [-0.15, -0.1) is 0 Å². The van der Waals surface area contributed by atoms with Crippen molar-refractivity contribution in [2.75, 3.05) is 0 Å². The lowest BCUT2D eigenvalue weighted by Gasteiger charge is -2.11. The number of hydrogen-bond acceptors (Lipinski definition) is 5. The van der Waals surface area contributed by atoms with Crippen molar-refractivity contribution in [2.45, 2.75) is 39.2 Å². The number of benzene rings is 1. The van der Waals surface area contributed by atoms with Crippen LogP contribution in [0.15, 0.2) is 34.9 Å². The Morgan fingerprint density at radius 2 is 2.15 bits per heavy atom. The molecule has 7 heteroatoms. The molecule has 2 heterocycles. The molecule has 0 aliphatic rings. The Labute approximate surface area is 155 Å². The molecule has 0 aliphatic carbocycles. The van der Waals surface area contributed by atoms with Crippen LogP contribution in [-0.2, 0) is 11.2 Å². The summed E-state index contributed by atoms with van der Waals surface area (Å²) in [6, 6.07) is 7.24. The van der Waals surface area contributed by atoms with E-state index >= 15 is 0 Å². The van der Waals surface area contributed by atoms with E-state index in [1.165, 1.54) is 0 Å². The minimum atomic E-state index is -0.801. The summed E-state index contributed by atoms with van der Waals surface area (Å²) in [7, 11) is 0. The number of carboxylic acid groups (broad SMARTS) is 1. The van der Waals surface area contributed by atoms with E-state index in [-0.39, 0.29) is 12.5 Å². The van der Waals surface area contributed by atoms with Crippen LogP contribution < -0.4 is 4.74 Å². The topological polar surface area (TPSA) is 85.5 Å². The van der Waals surface area contributed by atoms with E-state index in [4.69, 9.17) is 25.9 Å². The van der Waals surface area contributed by atoms with Crippen molar-refractivity contribution in [2.24, 2.45) is 0 Å². The van der Waals surface area contributed by atoms with Crippen LogP contribution in [0, 0.1) is 0 Å². The highest BCUT2D eigenvalue weighted by Gasteiger charge is 2.13. The molecule has 0 bridgehead atoms. The Bertz CT molecular complexity index is 936. The fraction of sp³-hybridized carbons (Fsp3) is 0.316. The first kappa shape index (κ1) is 18.2. The Kier molecular flexibility index (Phi) is 5.42. The molecule has 0 spiro atoms. The van der Waals surface area contributed by atoms with Gasteiger partial charge in [0.15, 0.2) is 0 Å². The summed E-state index contributed by atoms with van der Waals surface area (Å²) in [6.07, 6.45) is 3.04. The number of aryl methyl sites for hydroxylation is 1. The molecule has 0 aliphatic heterocycles. The summed E-state index contributed by atoms with van der Waals surface area (Å²) in [4.78, 5) is 19.4. The Morgan fingerprint density at radius 1 is 1.35 bits per heavy atom. The predicted octanol–water partition coefficient (Wildman–Crippen LogP) is 4.74. The van der Waals surface area contributed by atoms with Crippen LogP contribution in [0.4, 0.5) is 0 Å². The quantitative estimate of drug-likeness (QED) is 0.643. The smallest absolute Gasteiger partial charge is 0.303 e. The molecular formula is C19H19ClN2O4. The fourth-order valence-corrected chi connectivity index (χ4v) is 2.78. The second kappa shape index (κ2) is 7.74.